The molecule has 7 N–H and O–H groups in total. The minimum absolute atomic E-state index is 0.00283. The van der Waals surface area contributed by atoms with E-state index in [1.807, 2.05) is 18.2 Å². The highest BCUT2D eigenvalue weighted by Gasteiger charge is 2.10. The number of allylic oxidation sites excluding steroid dienone is 2. The predicted octanol–water partition coefficient (Wildman–Crippen LogP) is 1.57. The van der Waals surface area contributed by atoms with Crippen molar-refractivity contribution in [1.29, 1.82) is 10.7 Å². The van der Waals surface area contributed by atoms with E-state index in [0.29, 0.717) is 37.4 Å². The number of unbranched alkanes of at least 4 members (excludes halogenated alkanes) is 1. The Balaban J connectivity index is 2.12. The zero-order valence-electron chi connectivity index (χ0n) is 14.0. The number of hydrogen-bond donors (Lipinski definition) is 5. The molecule has 8 heteroatoms. The average Bonchev–Trinajstić information content (AvgIpc) is 3.10. The van der Waals surface area contributed by atoms with E-state index in [2.05, 4.69) is 15.5 Å². The number of nitrogens with one attached hydrogen (secondary N) is 3. The maximum Gasteiger partial charge on any atom is 0.120 e. The summed E-state index contributed by atoms with van der Waals surface area (Å²) in [6, 6.07) is 5.56. The molecule has 0 aliphatic rings. The molecule has 0 radical (unpaired) electrons. The van der Waals surface area contributed by atoms with E-state index in [4.69, 9.17) is 26.9 Å². The van der Waals surface area contributed by atoms with Gasteiger partial charge in [0.15, 0.2) is 0 Å². The fourth-order valence-corrected chi connectivity index (χ4v) is 2.44. The first kappa shape index (κ1) is 18.4. The summed E-state index contributed by atoms with van der Waals surface area (Å²) in [5, 5.41) is 27.7. The van der Waals surface area contributed by atoms with E-state index in [0.717, 1.165) is 35.6 Å². The van der Waals surface area contributed by atoms with Gasteiger partial charge in [-0.05, 0) is 37.1 Å². The van der Waals surface area contributed by atoms with Crippen LogP contribution >= 0.6 is 0 Å². The van der Waals surface area contributed by atoms with Gasteiger partial charge in [-0.2, -0.15) is 10.4 Å². The van der Waals surface area contributed by atoms with Crippen LogP contribution in [0.25, 0.3) is 16.5 Å². The molecule has 0 aliphatic carbocycles. The van der Waals surface area contributed by atoms with Crippen molar-refractivity contribution in [2.24, 2.45) is 11.5 Å². The molecule has 1 heterocycles. The van der Waals surface area contributed by atoms with E-state index in [9.17, 15) is 0 Å². The van der Waals surface area contributed by atoms with E-state index >= 15 is 0 Å². The second-order valence-electron chi connectivity index (χ2n) is 5.47. The van der Waals surface area contributed by atoms with Gasteiger partial charge >= 0.3 is 0 Å². The quantitative estimate of drug-likeness (QED) is 0.251. The van der Waals surface area contributed by atoms with Crippen LogP contribution in [0.4, 0.5) is 5.69 Å². The first-order valence-corrected chi connectivity index (χ1v) is 8.10. The third-order valence-corrected chi connectivity index (χ3v) is 3.73. The van der Waals surface area contributed by atoms with Crippen molar-refractivity contribution >= 4 is 28.4 Å². The summed E-state index contributed by atoms with van der Waals surface area (Å²) in [6.45, 7) is 2.58. The van der Waals surface area contributed by atoms with Gasteiger partial charge in [0.1, 0.15) is 11.8 Å². The number of benzene rings is 1. The number of nitrogens with zero attached hydrogens (tertiary/aromatic N) is 2. The van der Waals surface area contributed by atoms with Crippen molar-refractivity contribution in [3.63, 3.8) is 0 Å². The number of H-pyrrole nitrogens is 1. The van der Waals surface area contributed by atoms with Crippen LogP contribution < -0.4 is 16.8 Å². The van der Waals surface area contributed by atoms with Crippen LogP contribution in [0.5, 0.6) is 0 Å². The van der Waals surface area contributed by atoms with Gasteiger partial charge in [-0.25, -0.2) is 0 Å². The molecule has 0 aliphatic heterocycles. The zero-order chi connectivity index (χ0) is 18.1. The summed E-state index contributed by atoms with van der Waals surface area (Å²) in [5.41, 5.74) is 13.8. The van der Waals surface area contributed by atoms with Gasteiger partial charge in [0, 0.05) is 36.0 Å². The smallest absolute Gasteiger partial charge is 0.120 e. The third-order valence-electron chi connectivity index (χ3n) is 3.73. The van der Waals surface area contributed by atoms with Gasteiger partial charge in [-0.3, -0.25) is 5.10 Å². The lowest BCUT2D eigenvalue weighted by Crippen LogP contribution is -2.11. The molecular formula is C17H23N7O. The number of ether oxygens (including phenoxy) is 1. The maximum atomic E-state index is 9.01. The van der Waals surface area contributed by atoms with Crippen LogP contribution in [0.2, 0.25) is 0 Å². The SMILES string of the molecule is N#C/C(N)=C(/C=N)c1cc(NCCOCCCCN)c2cn[nH]c2c1. The number of rotatable bonds is 10. The Morgan fingerprint density at radius 3 is 2.96 bits per heavy atom. The third kappa shape index (κ3) is 4.79. The second-order valence-corrected chi connectivity index (χ2v) is 5.47. The Hall–Kier alpha value is -2.89. The van der Waals surface area contributed by atoms with Crippen molar-refractivity contribution in [3.8, 4) is 6.07 Å². The maximum absolute atomic E-state index is 9.01. The Morgan fingerprint density at radius 1 is 1.40 bits per heavy atom. The molecule has 2 aromatic rings. The zero-order valence-corrected chi connectivity index (χ0v) is 14.0. The summed E-state index contributed by atoms with van der Waals surface area (Å²) in [4.78, 5) is 0. The molecule has 0 spiro atoms. The molecule has 0 saturated heterocycles. The van der Waals surface area contributed by atoms with Gasteiger partial charge in [-0.15, -0.1) is 0 Å². The van der Waals surface area contributed by atoms with Gasteiger partial charge in [0.2, 0.25) is 0 Å². The first-order chi connectivity index (χ1) is 12.2. The largest absolute Gasteiger partial charge is 0.390 e. The number of anilines is 1. The molecule has 0 bridgehead atoms. The van der Waals surface area contributed by atoms with Crippen molar-refractivity contribution in [2.45, 2.75) is 12.8 Å². The Labute approximate surface area is 146 Å². The number of fused-ring (bicyclic) bond motifs is 1. The number of hydrogen-bond acceptors (Lipinski definition) is 7. The van der Waals surface area contributed by atoms with Crippen molar-refractivity contribution in [3.05, 3.63) is 29.6 Å². The highest BCUT2D eigenvalue weighted by Crippen LogP contribution is 2.27. The van der Waals surface area contributed by atoms with E-state index in [1.54, 1.807) is 6.20 Å². The number of nitriles is 1. The molecule has 0 fully saturated rings. The lowest BCUT2D eigenvalue weighted by molar-refractivity contribution is 0.140. The minimum Gasteiger partial charge on any atom is -0.390 e. The van der Waals surface area contributed by atoms with E-state index in [-0.39, 0.29) is 5.70 Å². The van der Waals surface area contributed by atoms with Crippen LogP contribution in [0.1, 0.15) is 18.4 Å². The van der Waals surface area contributed by atoms with E-state index < -0.39 is 0 Å². The monoisotopic (exact) mass is 341 g/mol. The lowest BCUT2D eigenvalue weighted by atomic mass is 10.0. The van der Waals surface area contributed by atoms with Gasteiger partial charge in [-0.1, -0.05) is 0 Å². The molecule has 0 saturated carbocycles. The van der Waals surface area contributed by atoms with Gasteiger partial charge < -0.3 is 26.9 Å². The first-order valence-electron chi connectivity index (χ1n) is 8.10. The predicted molar refractivity (Wildman–Crippen MR) is 99.2 cm³/mol. The normalized spacial score (nSPS) is 11.8. The molecule has 1 aromatic carbocycles. The summed E-state index contributed by atoms with van der Waals surface area (Å²) >= 11 is 0. The summed E-state index contributed by atoms with van der Waals surface area (Å²) in [7, 11) is 0. The fourth-order valence-electron chi connectivity index (χ4n) is 2.44. The Morgan fingerprint density at radius 2 is 2.24 bits per heavy atom. The molecule has 132 valence electrons. The second kappa shape index (κ2) is 9.42. The molecule has 0 amide bonds. The number of nitrogens with two attached hydrogens (primary N) is 2. The number of aromatic nitrogens is 2. The average molecular weight is 341 g/mol. The van der Waals surface area contributed by atoms with Crippen molar-refractivity contribution in [2.75, 3.05) is 31.6 Å². The van der Waals surface area contributed by atoms with E-state index in [1.165, 1.54) is 0 Å². The van der Waals surface area contributed by atoms with Crippen LogP contribution in [-0.2, 0) is 4.74 Å². The summed E-state index contributed by atoms with van der Waals surface area (Å²) < 4.78 is 5.56. The van der Waals surface area contributed by atoms with Gasteiger partial charge in [0.25, 0.3) is 0 Å². The Kier molecular flexibility index (Phi) is 6.95. The molecule has 0 unspecified atom stereocenters. The minimum atomic E-state index is 0.00283. The molecular weight excluding hydrogens is 318 g/mol. The van der Waals surface area contributed by atoms with Crippen LogP contribution in [0.3, 0.4) is 0 Å². The topological polar surface area (TPSA) is 150 Å². The summed E-state index contributed by atoms with van der Waals surface area (Å²) in [6.07, 6.45) is 4.73. The molecule has 2 rings (SSSR count). The van der Waals surface area contributed by atoms with Crippen LogP contribution in [0.15, 0.2) is 24.0 Å². The van der Waals surface area contributed by atoms with Crippen molar-refractivity contribution in [1.82, 2.24) is 10.2 Å². The van der Waals surface area contributed by atoms with Crippen LogP contribution in [-0.4, -0.2) is 42.7 Å². The van der Waals surface area contributed by atoms with Crippen LogP contribution in [0, 0.1) is 16.7 Å². The summed E-state index contributed by atoms with van der Waals surface area (Å²) in [5.74, 6) is 0. The number of aromatic amines is 1. The Bertz CT molecular complexity index is 788. The fraction of sp³-hybridized carbons (Fsp3) is 0.353. The lowest BCUT2D eigenvalue weighted by Gasteiger charge is -2.11. The molecule has 25 heavy (non-hydrogen) atoms. The molecule has 0 atom stereocenters. The van der Waals surface area contributed by atoms with Gasteiger partial charge in [0.05, 0.1) is 18.3 Å². The molecule has 8 nitrogen and oxygen atoms in total. The molecule has 1 aromatic heterocycles. The highest BCUT2D eigenvalue weighted by atomic mass is 16.5. The van der Waals surface area contributed by atoms with Crippen molar-refractivity contribution < 1.29 is 4.74 Å². The highest BCUT2D eigenvalue weighted by molar-refractivity contribution is 6.12. The standard InChI is InChI=1S/C17H23N7O/c18-3-1-2-5-25-6-4-22-16-7-12(13(9-19)15(21)10-20)8-17-14(16)11-23-24-17/h7-9,11,19,22H,1-6,18,21H2,(H,23,24)/b15-13+,19-9?.